The normalized spacial score (nSPS) is 13.0. The van der Waals surface area contributed by atoms with Crippen molar-refractivity contribution < 1.29 is 19.1 Å². The van der Waals surface area contributed by atoms with Gasteiger partial charge in [-0.2, -0.15) is 0 Å². The summed E-state index contributed by atoms with van der Waals surface area (Å²) in [6.07, 6.45) is 0.905. The lowest BCUT2D eigenvalue weighted by molar-refractivity contribution is -0.151. The second-order valence-corrected chi connectivity index (χ2v) is 9.05. The smallest absolute Gasteiger partial charge is 0.312 e. The van der Waals surface area contributed by atoms with E-state index in [1.54, 1.807) is 16.2 Å². The fourth-order valence-electron chi connectivity index (χ4n) is 3.17. The molecule has 3 heterocycles. The van der Waals surface area contributed by atoms with Gasteiger partial charge >= 0.3 is 5.97 Å². The number of esters is 1. The highest BCUT2D eigenvalue weighted by molar-refractivity contribution is 7.10. The summed E-state index contributed by atoms with van der Waals surface area (Å²) < 4.78 is 10.9. The topological polar surface area (TPSA) is 68.7 Å². The molecule has 1 aromatic carbocycles. The molecular formula is C22H22N2O4S2. The van der Waals surface area contributed by atoms with Crippen LogP contribution in [0.25, 0.3) is 0 Å². The zero-order chi connectivity index (χ0) is 20.9. The van der Waals surface area contributed by atoms with E-state index in [0.29, 0.717) is 25.4 Å². The first-order chi connectivity index (χ1) is 14.6. The van der Waals surface area contributed by atoms with Crippen LogP contribution in [0.1, 0.15) is 26.7 Å². The Labute approximate surface area is 183 Å². The molecule has 0 bridgehead atoms. The van der Waals surface area contributed by atoms with E-state index in [-0.39, 0.29) is 18.9 Å². The van der Waals surface area contributed by atoms with Crippen LogP contribution in [-0.2, 0) is 40.3 Å². The first-order valence-corrected chi connectivity index (χ1v) is 11.4. The van der Waals surface area contributed by atoms with E-state index in [2.05, 4.69) is 4.98 Å². The number of carbonyl (C=O) groups is 2. The highest BCUT2D eigenvalue weighted by Gasteiger charge is 2.22. The van der Waals surface area contributed by atoms with Gasteiger partial charge in [0.1, 0.15) is 17.4 Å². The molecule has 0 radical (unpaired) electrons. The van der Waals surface area contributed by atoms with Crippen molar-refractivity contribution in [3.63, 3.8) is 0 Å². The van der Waals surface area contributed by atoms with Gasteiger partial charge in [0.15, 0.2) is 6.61 Å². The van der Waals surface area contributed by atoms with E-state index in [9.17, 15) is 9.59 Å². The van der Waals surface area contributed by atoms with Crippen molar-refractivity contribution >= 4 is 34.6 Å². The zero-order valence-electron chi connectivity index (χ0n) is 16.6. The molecule has 0 aliphatic carbocycles. The number of amides is 1. The molecule has 0 spiro atoms. The number of ether oxygens (including phenoxy) is 2. The minimum Gasteiger partial charge on any atom is -0.486 e. The van der Waals surface area contributed by atoms with E-state index in [0.717, 1.165) is 17.2 Å². The third-order valence-corrected chi connectivity index (χ3v) is 6.72. The lowest BCUT2D eigenvalue weighted by Gasteiger charge is -2.26. The quantitative estimate of drug-likeness (QED) is 0.521. The van der Waals surface area contributed by atoms with Crippen LogP contribution in [-0.4, -0.2) is 34.9 Å². The molecule has 0 fully saturated rings. The van der Waals surface area contributed by atoms with Crippen LogP contribution in [0.4, 0.5) is 0 Å². The number of carbonyl (C=O) groups excluding carboxylic acids is 2. The summed E-state index contributed by atoms with van der Waals surface area (Å²) in [6, 6.07) is 9.86. The lowest BCUT2D eigenvalue weighted by atomic mass is 10.1. The van der Waals surface area contributed by atoms with Gasteiger partial charge in [-0.25, -0.2) is 4.98 Å². The molecule has 156 valence electrons. The lowest BCUT2D eigenvalue weighted by Crippen LogP contribution is -2.38. The number of hydrogen-bond acceptors (Lipinski definition) is 7. The Kier molecular flexibility index (Phi) is 6.44. The fourth-order valence-corrected chi connectivity index (χ4v) is 4.76. The minimum absolute atomic E-state index is 0.0446. The number of aromatic nitrogens is 1. The number of nitrogens with zero attached hydrogens (tertiary/aromatic N) is 2. The van der Waals surface area contributed by atoms with Crippen molar-refractivity contribution in [2.24, 2.45) is 0 Å². The van der Waals surface area contributed by atoms with Gasteiger partial charge in [0.25, 0.3) is 5.91 Å². The first-order valence-electron chi connectivity index (χ1n) is 9.68. The molecule has 1 aliphatic heterocycles. The van der Waals surface area contributed by atoms with Crippen molar-refractivity contribution in [1.29, 1.82) is 0 Å². The molecular weight excluding hydrogens is 420 g/mol. The molecule has 0 N–H and O–H groups in total. The number of hydrogen-bond donors (Lipinski definition) is 0. The minimum atomic E-state index is -0.451. The van der Waals surface area contributed by atoms with E-state index >= 15 is 0 Å². The van der Waals surface area contributed by atoms with E-state index in [1.807, 2.05) is 48.0 Å². The van der Waals surface area contributed by atoms with Crippen LogP contribution in [0.3, 0.4) is 0 Å². The Morgan fingerprint density at radius 3 is 2.83 bits per heavy atom. The summed E-state index contributed by atoms with van der Waals surface area (Å²) in [5.74, 6) is 0.168. The Morgan fingerprint density at radius 1 is 1.17 bits per heavy atom. The van der Waals surface area contributed by atoms with Gasteiger partial charge in [-0.3, -0.25) is 9.59 Å². The summed E-state index contributed by atoms with van der Waals surface area (Å²) in [5, 5.41) is 4.65. The zero-order valence-corrected chi connectivity index (χ0v) is 18.3. The summed E-state index contributed by atoms with van der Waals surface area (Å²) in [6.45, 7) is 3.40. The van der Waals surface area contributed by atoms with Gasteiger partial charge in [-0.1, -0.05) is 17.7 Å². The van der Waals surface area contributed by atoms with Crippen molar-refractivity contribution in [2.45, 2.75) is 32.9 Å². The molecule has 1 amide bonds. The average molecular weight is 443 g/mol. The predicted octanol–water partition coefficient (Wildman–Crippen LogP) is 3.76. The molecule has 0 saturated heterocycles. The Hall–Kier alpha value is -2.71. The third-order valence-electron chi connectivity index (χ3n) is 4.83. The van der Waals surface area contributed by atoms with Crippen LogP contribution < -0.4 is 4.74 Å². The standard InChI is InChI=1S/C22H22N2O4S2/c1-15-2-4-18(5-3-15)27-12-20-23-17(14-30-20)10-22(26)28-13-21(25)24-8-6-19-16(11-24)7-9-29-19/h2-5,7,9,14H,6,8,10-13H2,1H3. The molecule has 4 rings (SSSR count). The Bertz CT molecular complexity index is 1030. The highest BCUT2D eigenvalue weighted by atomic mass is 32.1. The maximum atomic E-state index is 12.4. The SMILES string of the molecule is Cc1ccc(OCc2nc(CC(=O)OCC(=O)N3CCc4sccc4C3)cs2)cc1. The van der Waals surface area contributed by atoms with Crippen molar-refractivity contribution in [2.75, 3.05) is 13.2 Å². The fraction of sp³-hybridized carbons (Fsp3) is 0.318. The van der Waals surface area contributed by atoms with Crippen LogP contribution in [0.5, 0.6) is 5.75 Å². The number of thiazole rings is 1. The molecule has 8 heteroatoms. The number of fused-ring (bicyclic) bond motifs is 1. The van der Waals surface area contributed by atoms with Crippen LogP contribution in [0.2, 0.25) is 0 Å². The molecule has 2 aromatic heterocycles. The van der Waals surface area contributed by atoms with Crippen LogP contribution in [0, 0.1) is 6.92 Å². The Morgan fingerprint density at radius 2 is 2.00 bits per heavy atom. The molecule has 6 nitrogen and oxygen atoms in total. The first kappa shape index (κ1) is 20.6. The number of aryl methyl sites for hydroxylation is 1. The molecule has 30 heavy (non-hydrogen) atoms. The second kappa shape index (κ2) is 9.40. The van der Waals surface area contributed by atoms with Gasteiger partial charge < -0.3 is 14.4 Å². The van der Waals surface area contributed by atoms with Gasteiger partial charge in [0.2, 0.25) is 0 Å². The predicted molar refractivity (Wildman–Crippen MR) is 116 cm³/mol. The number of benzene rings is 1. The van der Waals surface area contributed by atoms with Gasteiger partial charge in [0, 0.05) is 23.3 Å². The van der Waals surface area contributed by atoms with Crippen molar-refractivity contribution in [3.05, 3.63) is 67.8 Å². The van der Waals surface area contributed by atoms with Crippen molar-refractivity contribution in [3.8, 4) is 5.75 Å². The van der Waals surface area contributed by atoms with Crippen LogP contribution >= 0.6 is 22.7 Å². The van der Waals surface area contributed by atoms with E-state index < -0.39 is 5.97 Å². The summed E-state index contributed by atoms with van der Waals surface area (Å²) in [7, 11) is 0. The number of rotatable bonds is 7. The summed E-state index contributed by atoms with van der Waals surface area (Å²) in [5.41, 5.74) is 2.99. The summed E-state index contributed by atoms with van der Waals surface area (Å²) in [4.78, 5) is 32.0. The third kappa shape index (κ3) is 5.25. The molecule has 0 saturated carbocycles. The van der Waals surface area contributed by atoms with Gasteiger partial charge in [-0.05, 0) is 42.5 Å². The monoisotopic (exact) mass is 442 g/mol. The largest absolute Gasteiger partial charge is 0.486 e. The molecule has 1 aliphatic rings. The van der Waals surface area contributed by atoms with Gasteiger partial charge in [0.05, 0.1) is 12.1 Å². The maximum absolute atomic E-state index is 12.4. The highest BCUT2D eigenvalue weighted by Crippen LogP contribution is 2.24. The van der Waals surface area contributed by atoms with Gasteiger partial charge in [-0.15, -0.1) is 22.7 Å². The maximum Gasteiger partial charge on any atom is 0.312 e. The van der Waals surface area contributed by atoms with Crippen molar-refractivity contribution in [1.82, 2.24) is 9.88 Å². The molecule has 3 aromatic rings. The molecule has 0 unspecified atom stereocenters. The number of thiophene rings is 1. The summed E-state index contributed by atoms with van der Waals surface area (Å²) >= 11 is 3.16. The average Bonchev–Trinajstić information content (AvgIpc) is 3.40. The second-order valence-electron chi connectivity index (χ2n) is 7.11. The van der Waals surface area contributed by atoms with Crippen LogP contribution in [0.15, 0.2) is 41.1 Å². The molecule has 0 atom stereocenters. The van der Waals surface area contributed by atoms with E-state index in [4.69, 9.17) is 9.47 Å². The van der Waals surface area contributed by atoms with E-state index in [1.165, 1.54) is 27.3 Å². The Balaban J connectivity index is 1.21.